The molecule has 1 aliphatic rings. The molecule has 0 spiro atoms. The van der Waals surface area contributed by atoms with Crippen molar-refractivity contribution in [1.29, 1.82) is 0 Å². The normalized spacial score (nSPS) is 16.1. The van der Waals surface area contributed by atoms with E-state index in [1.807, 2.05) is 37.3 Å². The van der Waals surface area contributed by atoms with Gasteiger partial charge in [-0.05, 0) is 54.8 Å². The SMILES string of the molecule is COc1ccc(CN(C)C(=O)c2ccc3c(c2)CC(C)N3S(C)(=O)=O)cc1. The number of carbonyl (C=O) groups excluding carboxylic acids is 1. The molecule has 0 fully saturated rings. The predicted molar refractivity (Wildman–Crippen MR) is 106 cm³/mol. The molecule has 0 aromatic heterocycles. The average Bonchev–Trinajstić information content (AvgIpc) is 2.96. The summed E-state index contributed by atoms with van der Waals surface area (Å²) in [6.07, 6.45) is 1.81. The maximum Gasteiger partial charge on any atom is 0.253 e. The van der Waals surface area contributed by atoms with Crippen LogP contribution in [0.15, 0.2) is 42.5 Å². The number of ether oxygens (including phenoxy) is 1. The van der Waals surface area contributed by atoms with Gasteiger partial charge < -0.3 is 9.64 Å². The summed E-state index contributed by atoms with van der Waals surface area (Å²) in [7, 11) is 0.0372. The lowest BCUT2D eigenvalue weighted by atomic mass is 10.1. The molecule has 1 amide bonds. The molecule has 7 heteroatoms. The van der Waals surface area contributed by atoms with Crippen molar-refractivity contribution in [2.24, 2.45) is 0 Å². The van der Waals surface area contributed by atoms with Gasteiger partial charge in [-0.3, -0.25) is 9.10 Å². The lowest BCUT2D eigenvalue weighted by molar-refractivity contribution is 0.0785. The van der Waals surface area contributed by atoms with Crippen LogP contribution in [-0.4, -0.2) is 45.7 Å². The lowest BCUT2D eigenvalue weighted by Gasteiger charge is -2.22. The predicted octanol–water partition coefficient (Wildman–Crippen LogP) is 2.68. The molecule has 1 unspecified atom stereocenters. The highest BCUT2D eigenvalue weighted by Crippen LogP contribution is 2.34. The Hall–Kier alpha value is -2.54. The largest absolute Gasteiger partial charge is 0.497 e. The van der Waals surface area contributed by atoms with Crippen molar-refractivity contribution in [1.82, 2.24) is 4.90 Å². The molecule has 0 saturated carbocycles. The zero-order chi connectivity index (χ0) is 19.8. The van der Waals surface area contributed by atoms with Crippen molar-refractivity contribution in [3.8, 4) is 5.75 Å². The fraction of sp³-hybridized carbons (Fsp3) is 0.350. The van der Waals surface area contributed by atoms with Gasteiger partial charge in [0.1, 0.15) is 5.75 Å². The van der Waals surface area contributed by atoms with E-state index in [1.54, 1.807) is 31.2 Å². The number of sulfonamides is 1. The molecule has 2 aromatic carbocycles. The molecule has 1 atom stereocenters. The van der Waals surface area contributed by atoms with Crippen LogP contribution in [0.2, 0.25) is 0 Å². The number of anilines is 1. The molecule has 6 nitrogen and oxygen atoms in total. The third-order valence-corrected chi connectivity index (χ3v) is 6.03. The van der Waals surface area contributed by atoms with Crippen molar-refractivity contribution < 1.29 is 17.9 Å². The van der Waals surface area contributed by atoms with Gasteiger partial charge >= 0.3 is 0 Å². The monoisotopic (exact) mass is 388 g/mol. The minimum absolute atomic E-state index is 0.0981. The summed E-state index contributed by atoms with van der Waals surface area (Å²) < 4.78 is 30.6. The van der Waals surface area contributed by atoms with Crippen LogP contribution in [0.1, 0.15) is 28.4 Å². The van der Waals surface area contributed by atoms with Crippen LogP contribution in [-0.2, 0) is 23.0 Å². The highest BCUT2D eigenvalue weighted by molar-refractivity contribution is 7.92. The quantitative estimate of drug-likeness (QED) is 0.790. The minimum atomic E-state index is -3.33. The zero-order valence-electron chi connectivity index (χ0n) is 16.0. The molecular formula is C20H24N2O4S. The van der Waals surface area contributed by atoms with Crippen molar-refractivity contribution in [2.75, 3.05) is 24.7 Å². The summed E-state index contributed by atoms with van der Waals surface area (Å²) in [6, 6.07) is 12.7. The number of rotatable bonds is 5. The molecule has 0 saturated heterocycles. The van der Waals surface area contributed by atoms with Crippen LogP contribution in [0.5, 0.6) is 5.75 Å². The van der Waals surface area contributed by atoms with E-state index in [-0.39, 0.29) is 11.9 Å². The second-order valence-electron chi connectivity index (χ2n) is 6.96. The Morgan fingerprint density at radius 2 is 1.89 bits per heavy atom. The van der Waals surface area contributed by atoms with Crippen LogP contribution >= 0.6 is 0 Å². The van der Waals surface area contributed by atoms with Crippen molar-refractivity contribution in [3.63, 3.8) is 0 Å². The van der Waals surface area contributed by atoms with Gasteiger partial charge in [0.15, 0.2) is 0 Å². The van der Waals surface area contributed by atoms with Crippen molar-refractivity contribution in [3.05, 3.63) is 59.2 Å². The number of methoxy groups -OCH3 is 1. The second kappa shape index (κ2) is 7.23. The van der Waals surface area contributed by atoms with Crippen LogP contribution in [0, 0.1) is 0 Å². The Bertz CT molecular complexity index is 954. The molecule has 0 bridgehead atoms. The van der Waals surface area contributed by atoms with Gasteiger partial charge in [0, 0.05) is 25.2 Å². The molecule has 1 aliphatic heterocycles. The maximum atomic E-state index is 12.8. The van der Waals surface area contributed by atoms with Gasteiger partial charge in [-0.15, -0.1) is 0 Å². The van der Waals surface area contributed by atoms with E-state index in [2.05, 4.69) is 0 Å². The van der Waals surface area contributed by atoms with E-state index >= 15 is 0 Å². The number of hydrogen-bond acceptors (Lipinski definition) is 4. The Labute approximate surface area is 160 Å². The smallest absolute Gasteiger partial charge is 0.253 e. The second-order valence-corrected chi connectivity index (χ2v) is 8.82. The molecule has 2 aromatic rings. The fourth-order valence-electron chi connectivity index (χ4n) is 3.54. The summed E-state index contributed by atoms with van der Waals surface area (Å²) in [6.45, 7) is 2.35. The van der Waals surface area contributed by atoms with Gasteiger partial charge in [-0.1, -0.05) is 12.1 Å². The molecule has 3 rings (SSSR count). The van der Waals surface area contributed by atoms with E-state index < -0.39 is 10.0 Å². The first-order chi connectivity index (χ1) is 12.7. The van der Waals surface area contributed by atoms with Gasteiger partial charge in [-0.25, -0.2) is 8.42 Å². The average molecular weight is 388 g/mol. The fourth-order valence-corrected chi connectivity index (χ4v) is 4.80. The van der Waals surface area contributed by atoms with Gasteiger partial charge in [0.05, 0.1) is 19.1 Å². The van der Waals surface area contributed by atoms with E-state index in [4.69, 9.17) is 4.74 Å². The zero-order valence-corrected chi connectivity index (χ0v) is 16.8. The Kier molecular flexibility index (Phi) is 5.15. The third-order valence-electron chi connectivity index (χ3n) is 4.76. The van der Waals surface area contributed by atoms with Crippen LogP contribution < -0.4 is 9.04 Å². The Morgan fingerprint density at radius 3 is 2.48 bits per heavy atom. The molecule has 0 radical (unpaired) electrons. The summed E-state index contributed by atoms with van der Waals surface area (Å²) >= 11 is 0. The molecule has 1 heterocycles. The van der Waals surface area contributed by atoms with Gasteiger partial charge in [0.25, 0.3) is 5.91 Å². The molecule has 27 heavy (non-hydrogen) atoms. The van der Waals surface area contributed by atoms with E-state index in [0.29, 0.717) is 24.2 Å². The summed E-state index contributed by atoms with van der Waals surface area (Å²) in [4.78, 5) is 14.5. The van der Waals surface area contributed by atoms with Crippen molar-refractivity contribution >= 4 is 21.6 Å². The molecule has 0 N–H and O–H groups in total. The number of fused-ring (bicyclic) bond motifs is 1. The maximum absolute atomic E-state index is 12.8. The highest BCUT2D eigenvalue weighted by Gasteiger charge is 2.33. The number of hydrogen-bond donors (Lipinski definition) is 0. The van der Waals surface area contributed by atoms with E-state index in [0.717, 1.165) is 16.9 Å². The van der Waals surface area contributed by atoms with Crippen molar-refractivity contribution in [2.45, 2.75) is 25.9 Å². The molecule has 0 aliphatic carbocycles. The number of nitrogens with zero attached hydrogens (tertiary/aromatic N) is 2. The van der Waals surface area contributed by atoms with Gasteiger partial charge in [-0.2, -0.15) is 0 Å². The third kappa shape index (κ3) is 3.93. The highest BCUT2D eigenvalue weighted by atomic mass is 32.2. The summed E-state index contributed by atoms with van der Waals surface area (Å²) in [5.74, 6) is 0.676. The first-order valence-corrected chi connectivity index (χ1v) is 10.6. The van der Waals surface area contributed by atoms with Crippen LogP contribution in [0.4, 0.5) is 5.69 Å². The molecular weight excluding hydrogens is 364 g/mol. The number of carbonyl (C=O) groups is 1. The standard InChI is InChI=1S/C20H24N2O4S/c1-14-11-17-12-16(7-10-19(17)22(14)27(4,24)25)20(23)21(2)13-15-5-8-18(26-3)9-6-15/h5-10,12,14H,11,13H2,1-4H3. The molecule has 144 valence electrons. The summed E-state index contributed by atoms with van der Waals surface area (Å²) in [5.41, 5.74) is 3.12. The van der Waals surface area contributed by atoms with E-state index in [9.17, 15) is 13.2 Å². The Balaban J connectivity index is 1.78. The first kappa shape index (κ1) is 19.2. The number of amides is 1. The minimum Gasteiger partial charge on any atom is -0.497 e. The number of benzene rings is 2. The Morgan fingerprint density at radius 1 is 1.22 bits per heavy atom. The van der Waals surface area contributed by atoms with Gasteiger partial charge in [0.2, 0.25) is 10.0 Å². The summed E-state index contributed by atoms with van der Waals surface area (Å²) in [5, 5.41) is 0. The van der Waals surface area contributed by atoms with Crippen LogP contribution in [0.3, 0.4) is 0 Å². The van der Waals surface area contributed by atoms with E-state index in [1.165, 1.54) is 10.6 Å². The first-order valence-electron chi connectivity index (χ1n) is 8.71. The van der Waals surface area contributed by atoms with Crippen LogP contribution in [0.25, 0.3) is 0 Å². The lowest BCUT2D eigenvalue weighted by Crippen LogP contribution is -2.34. The topological polar surface area (TPSA) is 66.9 Å².